The fourth-order valence-corrected chi connectivity index (χ4v) is 3.53. The Hall–Kier alpha value is -1.92. The number of nitrogens with one attached hydrogen (secondary N) is 1. The Morgan fingerprint density at radius 1 is 1.33 bits per heavy atom. The fourth-order valence-electron chi connectivity index (χ4n) is 3.53. The maximum Gasteiger partial charge on any atom is 0.270 e. The lowest BCUT2D eigenvalue weighted by Gasteiger charge is -2.34. The van der Waals surface area contributed by atoms with Gasteiger partial charge in [-0.1, -0.05) is 20.8 Å². The number of nitro groups is 1. The Morgan fingerprint density at radius 2 is 2.04 bits per heavy atom. The van der Waals surface area contributed by atoms with E-state index in [4.69, 9.17) is 9.47 Å². The zero-order chi connectivity index (χ0) is 17.7. The predicted octanol–water partition coefficient (Wildman–Crippen LogP) is 4.36. The molecule has 6 heteroatoms. The van der Waals surface area contributed by atoms with Crippen molar-refractivity contribution in [1.29, 1.82) is 0 Å². The molecule has 6 nitrogen and oxygen atoms in total. The molecule has 2 aromatic rings. The molecule has 0 radical (unpaired) electrons. The molecule has 2 unspecified atom stereocenters. The van der Waals surface area contributed by atoms with Crippen molar-refractivity contribution in [1.82, 2.24) is 4.98 Å². The molecule has 1 aromatic heterocycles. The third-order valence-corrected chi connectivity index (χ3v) is 4.51. The van der Waals surface area contributed by atoms with Crippen LogP contribution in [-0.2, 0) is 9.47 Å². The molecule has 24 heavy (non-hydrogen) atoms. The Kier molecular flexibility index (Phi) is 3.92. The summed E-state index contributed by atoms with van der Waals surface area (Å²) in [6.07, 6.45) is -0.0666. The molecular formula is C18H24N2O4. The van der Waals surface area contributed by atoms with E-state index < -0.39 is 5.79 Å². The number of hydrogen-bond acceptors (Lipinski definition) is 4. The lowest BCUT2D eigenvalue weighted by atomic mass is 9.75. The van der Waals surface area contributed by atoms with Crippen molar-refractivity contribution in [3.05, 3.63) is 40.1 Å². The van der Waals surface area contributed by atoms with E-state index >= 15 is 0 Å². The molecule has 0 amide bonds. The van der Waals surface area contributed by atoms with Crippen LogP contribution in [0.15, 0.2) is 24.3 Å². The van der Waals surface area contributed by atoms with Crippen LogP contribution >= 0.6 is 0 Å². The number of aromatic amines is 1. The van der Waals surface area contributed by atoms with Crippen molar-refractivity contribution in [2.75, 3.05) is 6.61 Å². The Balaban J connectivity index is 2.02. The molecule has 1 aromatic carbocycles. The van der Waals surface area contributed by atoms with Gasteiger partial charge in [0.2, 0.25) is 0 Å². The highest BCUT2D eigenvalue weighted by Gasteiger charge is 2.43. The van der Waals surface area contributed by atoms with E-state index in [1.807, 2.05) is 19.9 Å². The lowest BCUT2D eigenvalue weighted by Crippen LogP contribution is -2.33. The van der Waals surface area contributed by atoms with Crippen molar-refractivity contribution in [2.45, 2.75) is 52.4 Å². The van der Waals surface area contributed by atoms with E-state index in [1.165, 1.54) is 6.07 Å². The highest BCUT2D eigenvalue weighted by molar-refractivity contribution is 5.83. The molecule has 3 rings (SSSR count). The van der Waals surface area contributed by atoms with E-state index in [0.29, 0.717) is 6.61 Å². The molecular weight excluding hydrogens is 308 g/mol. The third-order valence-electron chi connectivity index (χ3n) is 4.51. The van der Waals surface area contributed by atoms with Gasteiger partial charge in [0.1, 0.15) is 0 Å². The standard InChI is InChI=1S/C18H24N2O4/c1-17(2,3)16(15-10-23-18(4,5)24-15)14-9-11-8-12(20(21)22)6-7-13(11)19-14/h6-9,15-16,19H,10H2,1-5H3. The zero-order valence-electron chi connectivity index (χ0n) is 14.8. The van der Waals surface area contributed by atoms with Crippen molar-refractivity contribution in [3.8, 4) is 0 Å². The second kappa shape index (κ2) is 5.57. The zero-order valence-corrected chi connectivity index (χ0v) is 14.8. The van der Waals surface area contributed by atoms with Crippen LogP contribution in [0, 0.1) is 15.5 Å². The summed E-state index contributed by atoms with van der Waals surface area (Å²) in [5.74, 6) is -0.496. The number of rotatable bonds is 3. The molecule has 1 aliphatic heterocycles. The van der Waals surface area contributed by atoms with Gasteiger partial charge < -0.3 is 14.5 Å². The molecule has 1 fully saturated rings. The second-order valence-electron chi connectivity index (χ2n) is 7.96. The summed E-state index contributed by atoms with van der Waals surface area (Å²) in [7, 11) is 0. The van der Waals surface area contributed by atoms with Gasteiger partial charge in [-0.05, 0) is 31.4 Å². The first-order chi connectivity index (χ1) is 11.1. The molecule has 2 atom stereocenters. The largest absolute Gasteiger partial charge is 0.358 e. The first-order valence-electron chi connectivity index (χ1n) is 8.16. The smallest absolute Gasteiger partial charge is 0.270 e. The van der Waals surface area contributed by atoms with E-state index in [0.717, 1.165) is 16.6 Å². The third kappa shape index (κ3) is 3.16. The van der Waals surface area contributed by atoms with Crippen molar-refractivity contribution in [2.24, 2.45) is 5.41 Å². The van der Waals surface area contributed by atoms with Crippen LogP contribution in [0.4, 0.5) is 5.69 Å². The Bertz CT molecular complexity index is 773. The quantitative estimate of drug-likeness (QED) is 0.669. The summed E-state index contributed by atoms with van der Waals surface area (Å²) < 4.78 is 11.8. The van der Waals surface area contributed by atoms with E-state index in [-0.39, 0.29) is 28.0 Å². The summed E-state index contributed by atoms with van der Waals surface area (Å²) in [5.41, 5.74) is 1.95. The Labute approximate surface area is 141 Å². The molecule has 1 saturated heterocycles. The number of non-ortho nitro benzene ring substituents is 1. The summed E-state index contributed by atoms with van der Waals surface area (Å²) in [6.45, 7) is 10.9. The van der Waals surface area contributed by atoms with Gasteiger partial charge >= 0.3 is 0 Å². The Morgan fingerprint density at radius 3 is 2.58 bits per heavy atom. The van der Waals surface area contributed by atoms with Gasteiger partial charge in [-0.3, -0.25) is 10.1 Å². The summed E-state index contributed by atoms with van der Waals surface area (Å²) >= 11 is 0. The molecule has 0 saturated carbocycles. The SMILES string of the molecule is CC1(C)OCC(C(c2cc3cc([N+](=O)[O-])ccc3[nH]2)C(C)(C)C)O1. The number of H-pyrrole nitrogens is 1. The molecule has 1 N–H and O–H groups in total. The number of ether oxygens (including phenoxy) is 2. The average molecular weight is 332 g/mol. The minimum Gasteiger partial charge on any atom is -0.358 e. The van der Waals surface area contributed by atoms with E-state index in [1.54, 1.807) is 12.1 Å². The normalized spacial score (nSPS) is 22.0. The van der Waals surface area contributed by atoms with Gasteiger partial charge in [-0.25, -0.2) is 0 Å². The van der Waals surface area contributed by atoms with Gasteiger partial charge in [0.05, 0.1) is 17.6 Å². The summed E-state index contributed by atoms with van der Waals surface area (Å²) in [4.78, 5) is 14.0. The highest BCUT2D eigenvalue weighted by atomic mass is 16.7. The van der Waals surface area contributed by atoms with Crippen molar-refractivity contribution in [3.63, 3.8) is 0 Å². The number of nitrogens with zero attached hydrogens (tertiary/aromatic N) is 1. The minimum absolute atomic E-state index is 0.0543. The topological polar surface area (TPSA) is 77.4 Å². The van der Waals surface area contributed by atoms with Gasteiger partial charge in [0.15, 0.2) is 5.79 Å². The molecule has 2 heterocycles. The number of aromatic nitrogens is 1. The average Bonchev–Trinajstić information content (AvgIpc) is 2.99. The molecule has 0 bridgehead atoms. The number of benzene rings is 1. The van der Waals surface area contributed by atoms with Crippen LogP contribution < -0.4 is 0 Å². The van der Waals surface area contributed by atoms with Crippen LogP contribution in [0.1, 0.15) is 46.2 Å². The summed E-state index contributed by atoms with van der Waals surface area (Å²) in [6, 6.07) is 6.87. The molecule has 0 spiro atoms. The number of hydrogen-bond donors (Lipinski definition) is 1. The van der Waals surface area contributed by atoms with Gasteiger partial charge in [-0.2, -0.15) is 0 Å². The number of fused-ring (bicyclic) bond motifs is 1. The van der Waals surface area contributed by atoms with Crippen LogP contribution in [0.2, 0.25) is 0 Å². The maximum absolute atomic E-state index is 11.0. The van der Waals surface area contributed by atoms with E-state index in [2.05, 4.69) is 25.8 Å². The predicted molar refractivity (Wildman–Crippen MR) is 92.1 cm³/mol. The highest BCUT2D eigenvalue weighted by Crippen LogP contribution is 2.43. The van der Waals surface area contributed by atoms with Gasteiger partial charge in [0.25, 0.3) is 5.69 Å². The monoisotopic (exact) mass is 332 g/mol. The first kappa shape index (κ1) is 16.9. The molecule has 0 aliphatic carbocycles. The van der Waals surface area contributed by atoms with Crippen molar-refractivity contribution >= 4 is 16.6 Å². The van der Waals surface area contributed by atoms with Crippen LogP contribution in [0.5, 0.6) is 0 Å². The van der Waals surface area contributed by atoms with Crippen LogP contribution in [0.3, 0.4) is 0 Å². The second-order valence-corrected chi connectivity index (χ2v) is 7.96. The molecule has 1 aliphatic rings. The maximum atomic E-state index is 11.0. The lowest BCUT2D eigenvalue weighted by molar-refractivity contribution is -0.384. The van der Waals surface area contributed by atoms with Crippen LogP contribution in [-0.4, -0.2) is 28.4 Å². The van der Waals surface area contributed by atoms with Crippen LogP contribution in [0.25, 0.3) is 10.9 Å². The molecule has 130 valence electrons. The summed E-state index contributed by atoms with van der Waals surface area (Å²) in [5, 5.41) is 11.8. The van der Waals surface area contributed by atoms with Crippen molar-refractivity contribution < 1.29 is 14.4 Å². The minimum atomic E-state index is -0.584. The van der Waals surface area contributed by atoms with Gasteiger partial charge in [-0.15, -0.1) is 0 Å². The van der Waals surface area contributed by atoms with Gasteiger partial charge in [0, 0.05) is 34.6 Å². The van der Waals surface area contributed by atoms with E-state index in [9.17, 15) is 10.1 Å². The fraction of sp³-hybridized carbons (Fsp3) is 0.556. The number of nitro benzene ring substituents is 1. The first-order valence-corrected chi connectivity index (χ1v) is 8.16.